The molecule has 4 nitrogen and oxygen atoms in total. The molecular weight excluding hydrogens is 286 g/mol. The van der Waals surface area contributed by atoms with E-state index in [1.54, 1.807) is 11.3 Å². The molecule has 1 N–H and O–H groups in total. The van der Waals surface area contributed by atoms with Gasteiger partial charge in [0.2, 0.25) is 0 Å². The first kappa shape index (κ1) is 15.3. The Morgan fingerprint density at radius 3 is 2.62 bits per heavy atom. The Morgan fingerprint density at radius 1 is 1.10 bits per heavy atom. The summed E-state index contributed by atoms with van der Waals surface area (Å²) in [4.78, 5) is 24.3. The van der Waals surface area contributed by atoms with Crippen LogP contribution in [-0.2, 0) is 27.2 Å². The molecule has 5 heteroatoms. The largest absolute Gasteiger partial charge is 0.455 e. The Hall–Kier alpha value is -2.14. The fourth-order valence-electron chi connectivity index (χ4n) is 1.79. The molecule has 0 saturated carbocycles. The van der Waals surface area contributed by atoms with Gasteiger partial charge in [-0.05, 0) is 23.4 Å². The summed E-state index contributed by atoms with van der Waals surface area (Å²) in [7, 11) is 0. The van der Waals surface area contributed by atoms with Crippen LogP contribution >= 0.6 is 11.3 Å². The van der Waals surface area contributed by atoms with Crippen LogP contribution in [0.1, 0.15) is 10.4 Å². The minimum Gasteiger partial charge on any atom is -0.455 e. The number of esters is 1. The number of hydrogen-bond acceptors (Lipinski definition) is 4. The van der Waals surface area contributed by atoms with E-state index in [0.717, 1.165) is 12.0 Å². The van der Waals surface area contributed by atoms with Crippen molar-refractivity contribution in [3.8, 4) is 0 Å². The molecule has 1 amide bonds. The number of amides is 1. The minimum absolute atomic E-state index is 0.184. The fourth-order valence-corrected chi connectivity index (χ4v) is 2.50. The first-order chi connectivity index (χ1) is 10.2. The lowest BCUT2D eigenvalue weighted by Gasteiger charge is -2.06. The van der Waals surface area contributed by atoms with Crippen LogP contribution in [-0.4, -0.2) is 25.0 Å². The van der Waals surface area contributed by atoms with Gasteiger partial charge in [0.05, 0.1) is 6.42 Å². The molecule has 0 radical (unpaired) electrons. The quantitative estimate of drug-likeness (QED) is 0.798. The second-order valence-electron chi connectivity index (χ2n) is 4.50. The maximum atomic E-state index is 11.6. The van der Waals surface area contributed by atoms with Crippen molar-refractivity contribution in [3.05, 3.63) is 58.3 Å². The van der Waals surface area contributed by atoms with E-state index < -0.39 is 5.97 Å². The molecule has 2 rings (SSSR count). The summed E-state index contributed by atoms with van der Waals surface area (Å²) >= 11 is 1.66. The zero-order chi connectivity index (χ0) is 14.9. The van der Waals surface area contributed by atoms with E-state index >= 15 is 0 Å². The molecule has 0 unspecified atom stereocenters. The summed E-state index contributed by atoms with van der Waals surface area (Å²) in [6, 6.07) is 13.3. The van der Waals surface area contributed by atoms with E-state index in [0.29, 0.717) is 6.54 Å². The minimum atomic E-state index is -0.394. The first-order valence-electron chi connectivity index (χ1n) is 6.72. The van der Waals surface area contributed by atoms with Crippen molar-refractivity contribution in [2.75, 3.05) is 13.2 Å². The normalized spacial score (nSPS) is 10.1. The highest BCUT2D eigenvalue weighted by Gasteiger charge is 2.08. The van der Waals surface area contributed by atoms with Crippen LogP contribution in [0.3, 0.4) is 0 Å². The highest BCUT2D eigenvalue weighted by molar-refractivity contribution is 7.09. The lowest BCUT2D eigenvalue weighted by molar-refractivity contribution is -0.147. The van der Waals surface area contributed by atoms with Gasteiger partial charge in [0, 0.05) is 11.4 Å². The second kappa shape index (κ2) is 8.21. The number of ether oxygens (including phenoxy) is 1. The molecule has 1 heterocycles. The first-order valence-corrected chi connectivity index (χ1v) is 7.60. The second-order valence-corrected chi connectivity index (χ2v) is 5.53. The predicted octanol–water partition coefficient (Wildman–Crippen LogP) is 2.19. The van der Waals surface area contributed by atoms with Gasteiger partial charge < -0.3 is 10.1 Å². The number of benzene rings is 1. The van der Waals surface area contributed by atoms with Crippen LogP contribution in [0.25, 0.3) is 0 Å². The molecule has 110 valence electrons. The monoisotopic (exact) mass is 303 g/mol. The molecule has 0 spiro atoms. The van der Waals surface area contributed by atoms with Gasteiger partial charge in [-0.2, -0.15) is 0 Å². The average Bonchev–Trinajstić information content (AvgIpc) is 2.99. The Kier molecular flexibility index (Phi) is 5.97. The van der Waals surface area contributed by atoms with Crippen LogP contribution in [0.15, 0.2) is 47.8 Å². The molecule has 2 aromatic rings. The molecule has 0 saturated heterocycles. The Morgan fingerprint density at radius 2 is 1.90 bits per heavy atom. The van der Waals surface area contributed by atoms with Crippen molar-refractivity contribution in [2.24, 2.45) is 0 Å². The van der Waals surface area contributed by atoms with Crippen molar-refractivity contribution >= 4 is 23.2 Å². The molecule has 21 heavy (non-hydrogen) atoms. The third kappa shape index (κ3) is 5.79. The lowest BCUT2D eigenvalue weighted by Crippen LogP contribution is -2.30. The van der Waals surface area contributed by atoms with Crippen molar-refractivity contribution in [2.45, 2.75) is 12.8 Å². The van der Waals surface area contributed by atoms with Gasteiger partial charge >= 0.3 is 5.97 Å². The van der Waals surface area contributed by atoms with E-state index in [9.17, 15) is 9.59 Å². The molecule has 0 aliphatic carbocycles. The van der Waals surface area contributed by atoms with E-state index in [2.05, 4.69) is 5.32 Å². The van der Waals surface area contributed by atoms with Gasteiger partial charge in [-0.1, -0.05) is 36.4 Å². The summed E-state index contributed by atoms with van der Waals surface area (Å²) in [5.74, 6) is -0.664. The van der Waals surface area contributed by atoms with Crippen LogP contribution in [0, 0.1) is 0 Å². The number of rotatable bonds is 7. The maximum Gasteiger partial charge on any atom is 0.310 e. The van der Waals surface area contributed by atoms with Gasteiger partial charge in [0.25, 0.3) is 5.91 Å². The molecule has 1 aromatic heterocycles. The molecule has 0 aliphatic heterocycles. The topological polar surface area (TPSA) is 55.4 Å². The van der Waals surface area contributed by atoms with Crippen LogP contribution < -0.4 is 5.32 Å². The predicted molar refractivity (Wildman–Crippen MR) is 82.1 cm³/mol. The summed E-state index contributed by atoms with van der Waals surface area (Å²) in [5, 5.41) is 4.73. The molecule has 0 bridgehead atoms. The highest BCUT2D eigenvalue weighted by Crippen LogP contribution is 2.08. The van der Waals surface area contributed by atoms with E-state index in [4.69, 9.17) is 4.74 Å². The highest BCUT2D eigenvalue weighted by atomic mass is 32.1. The van der Waals surface area contributed by atoms with Crippen molar-refractivity contribution < 1.29 is 14.3 Å². The maximum absolute atomic E-state index is 11.6. The zero-order valence-corrected chi connectivity index (χ0v) is 12.4. The Labute approximate surface area is 127 Å². The van der Waals surface area contributed by atoms with Crippen molar-refractivity contribution in [1.29, 1.82) is 0 Å². The standard InChI is InChI=1S/C16H17NO3S/c18-15(17-9-8-14-7-4-10-21-14)12-20-16(19)11-13-5-2-1-3-6-13/h1-7,10H,8-9,11-12H2,(H,17,18). The molecular formula is C16H17NO3S. The number of carbonyl (C=O) groups is 2. The SMILES string of the molecule is O=C(COC(=O)Cc1ccccc1)NCCc1cccs1. The molecule has 0 aliphatic rings. The smallest absolute Gasteiger partial charge is 0.310 e. The Balaban J connectivity index is 1.61. The molecule has 0 atom stereocenters. The van der Waals surface area contributed by atoms with Gasteiger partial charge in [-0.25, -0.2) is 0 Å². The summed E-state index contributed by atoms with van der Waals surface area (Å²) < 4.78 is 4.95. The Bertz CT molecular complexity index is 566. The van der Waals surface area contributed by atoms with Gasteiger partial charge in [0.15, 0.2) is 6.61 Å². The van der Waals surface area contributed by atoms with Crippen LogP contribution in [0.2, 0.25) is 0 Å². The van der Waals surface area contributed by atoms with E-state index in [-0.39, 0.29) is 18.9 Å². The van der Waals surface area contributed by atoms with Gasteiger partial charge in [0.1, 0.15) is 0 Å². The molecule has 0 fully saturated rings. The number of carbonyl (C=O) groups excluding carboxylic acids is 2. The van der Waals surface area contributed by atoms with Gasteiger partial charge in [-0.3, -0.25) is 9.59 Å². The third-order valence-electron chi connectivity index (χ3n) is 2.83. The number of thiophene rings is 1. The van der Waals surface area contributed by atoms with Crippen LogP contribution in [0.4, 0.5) is 0 Å². The fraction of sp³-hybridized carbons (Fsp3) is 0.250. The summed E-state index contributed by atoms with van der Waals surface area (Å²) in [5.41, 5.74) is 0.876. The van der Waals surface area contributed by atoms with Crippen molar-refractivity contribution in [3.63, 3.8) is 0 Å². The number of nitrogens with one attached hydrogen (secondary N) is 1. The summed E-state index contributed by atoms with van der Waals surface area (Å²) in [6.07, 6.45) is 0.977. The summed E-state index contributed by atoms with van der Waals surface area (Å²) in [6.45, 7) is 0.325. The third-order valence-corrected chi connectivity index (χ3v) is 3.77. The molecule has 1 aromatic carbocycles. The zero-order valence-electron chi connectivity index (χ0n) is 11.6. The van der Waals surface area contributed by atoms with Crippen molar-refractivity contribution in [1.82, 2.24) is 5.32 Å². The average molecular weight is 303 g/mol. The van der Waals surface area contributed by atoms with Crippen LogP contribution in [0.5, 0.6) is 0 Å². The van der Waals surface area contributed by atoms with E-state index in [1.807, 2.05) is 47.8 Å². The lowest BCUT2D eigenvalue weighted by atomic mass is 10.2. The van der Waals surface area contributed by atoms with Gasteiger partial charge in [-0.15, -0.1) is 11.3 Å². The number of hydrogen-bond donors (Lipinski definition) is 1. The van der Waals surface area contributed by atoms with E-state index in [1.165, 1.54) is 4.88 Å².